The first kappa shape index (κ1) is 19.2. The Hall–Kier alpha value is -3.08. The van der Waals surface area contributed by atoms with Gasteiger partial charge in [0.15, 0.2) is 23.0 Å². The highest BCUT2D eigenvalue weighted by atomic mass is 16.5. The number of methoxy groups -OCH3 is 2. The molecule has 0 radical (unpaired) electrons. The lowest BCUT2D eigenvalue weighted by molar-refractivity contribution is -0.115. The zero-order valence-electron chi connectivity index (χ0n) is 14.9. The highest BCUT2D eigenvalue weighted by molar-refractivity contribution is 6.04. The molecule has 0 amide bonds. The number of hydrogen-bond donors (Lipinski definition) is 1. The first-order chi connectivity index (χ1) is 12.5. The molecule has 0 unspecified atom stereocenters. The minimum Gasteiger partial charge on any atom is -0.504 e. The summed E-state index contributed by atoms with van der Waals surface area (Å²) in [5, 5.41) is 9.55. The topological polar surface area (TPSA) is 72.8 Å². The lowest BCUT2D eigenvalue weighted by Gasteiger charge is -2.07. The van der Waals surface area contributed by atoms with Crippen LogP contribution in [0, 0.1) is 0 Å². The van der Waals surface area contributed by atoms with Crippen LogP contribution in [-0.4, -0.2) is 30.9 Å². The van der Waals surface area contributed by atoms with Crippen LogP contribution in [0.15, 0.2) is 59.9 Å². The van der Waals surface area contributed by atoms with Crippen LogP contribution < -0.4 is 4.74 Å². The molecule has 5 heteroatoms. The molecule has 5 nitrogen and oxygen atoms in total. The van der Waals surface area contributed by atoms with E-state index in [4.69, 9.17) is 9.47 Å². The van der Waals surface area contributed by atoms with Crippen molar-refractivity contribution >= 4 is 17.6 Å². The predicted octanol–water partition coefficient (Wildman–Crippen LogP) is 3.75. The van der Waals surface area contributed by atoms with Crippen LogP contribution in [0.25, 0.3) is 6.08 Å². The molecule has 0 spiro atoms. The van der Waals surface area contributed by atoms with Gasteiger partial charge in [-0.25, -0.2) is 0 Å². The van der Waals surface area contributed by atoms with Gasteiger partial charge in [-0.15, -0.1) is 0 Å². The Balaban J connectivity index is 1.82. The van der Waals surface area contributed by atoms with Gasteiger partial charge in [0.05, 0.1) is 14.2 Å². The van der Waals surface area contributed by atoms with Gasteiger partial charge in [-0.1, -0.05) is 24.3 Å². The quantitative estimate of drug-likeness (QED) is 0.568. The number of ether oxygens (including phenoxy) is 2. The Kier molecular flexibility index (Phi) is 6.97. The van der Waals surface area contributed by atoms with Crippen molar-refractivity contribution in [2.45, 2.75) is 19.3 Å². The number of carbonyl (C=O) groups excluding carboxylic acids is 2. The fraction of sp³-hybridized carbons (Fsp3) is 0.238. The summed E-state index contributed by atoms with van der Waals surface area (Å²) in [6.07, 6.45) is 12.0. The maximum atomic E-state index is 12.0. The van der Waals surface area contributed by atoms with E-state index in [-0.39, 0.29) is 17.3 Å². The third kappa shape index (κ3) is 5.48. The Morgan fingerprint density at radius 3 is 2.73 bits per heavy atom. The highest BCUT2D eigenvalue weighted by Crippen LogP contribution is 2.26. The highest BCUT2D eigenvalue weighted by Gasteiger charge is 2.10. The average Bonchev–Trinajstić information content (AvgIpc) is 2.65. The van der Waals surface area contributed by atoms with Crippen molar-refractivity contribution in [1.29, 1.82) is 0 Å². The normalized spacial score (nSPS) is 15.4. The van der Waals surface area contributed by atoms with E-state index in [1.165, 1.54) is 32.4 Å². The molecule has 0 aliphatic heterocycles. The van der Waals surface area contributed by atoms with Gasteiger partial charge in [-0.2, -0.15) is 0 Å². The minimum atomic E-state index is -0.143. The van der Waals surface area contributed by atoms with Crippen molar-refractivity contribution in [2.24, 2.45) is 0 Å². The van der Waals surface area contributed by atoms with Crippen molar-refractivity contribution < 1.29 is 24.2 Å². The third-order valence-electron chi connectivity index (χ3n) is 3.86. The molecular weight excluding hydrogens is 332 g/mol. The number of phenols is 1. The van der Waals surface area contributed by atoms with E-state index in [9.17, 15) is 14.7 Å². The number of ketones is 2. The molecule has 0 heterocycles. The van der Waals surface area contributed by atoms with Gasteiger partial charge in [0, 0.05) is 6.42 Å². The zero-order valence-corrected chi connectivity index (χ0v) is 14.9. The van der Waals surface area contributed by atoms with Crippen molar-refractivity contribution in [1.82, 2.24) is 0 Å². The maximum Gasteiger partial charge on any atom is 0.220 e. The Morgan fingerprint density at radius 1 is 1.19 bits per heavy atom. The summed E-state index contributed by atoms with van der Waals surface area (Å²) in [5.74, 6) is 0.637. The number of benzene rings is 1. The molecule has 0 saturated heterocycles. The fourth-order valence-corrected chi connectivity index (χ4v) is 2.43. The van der Waals surface area contributed by atoms with Gasteiger partial charge >= 0.3 is 0 Å². The van der Waals surface area contributed by atoms with Gasteiger partial charge < -0.3 is 14.6 Å². The number of hydrogen-bond acceptors (Lipinski definition) is 5. The van der Waals surface area contributed by atoms with Crippen molar-refractivity contribution in [3.05, 3.63) is 65.5 Å². The van der Waals surface area contributed by atoms with Gasteiger partial charge in [0.1, 0.15) is 0 Å². The summed E-state index contributed by atoms with van der Waals surface area (Å²) in [5.41, 5.74) is 1.69. The second-order valence-electron chi connectivity index (χ2n) is 5.74. The molecule has 0 atom stereocenters. The molecule has 1 aromatic rings. The molecule has 0 saturated carbocycles. The van der Waals surface area contributed by atoms with Gasteiger partial charge in [-0.05, 0) is 54.3 Å². The van der Waals surface area contributed by atoms with Crippen LogP contribution in [-0.2, 0) is 14.3 Å². The summed E-state index contributed by atoms with van der Waals surface area (Å²) in [7, 11) is 2.94. The largest absolute Gasteiger partial charge is 0.504 e. The predicted molar refractivity (Wildman–Crippen MR) is 99.9 cm³/mol. The second kappa shape index (κ2) is 9.42. The van der Waals surface area contributed by atoms with Crippen molar-refractivity contribution in [3.63, 3.8) is 0 Å². The summed E-state index contributed by atoms with van der Waals surface area (Å²) >= 11 is 0. The van der Waals surface area contributed by atoms with Crippen LogP contribution in [0.1, 0.15) is 24.8 Å². The number of carbonyl (C=O) groups is 2. The number of aromatic hydroxyl groups is 1. The molecule has 1 N–H and O–H groups in total. The average molecular weight is 354 g/mol. The SMILES string of the molecule is COC1=CC(=CCCCC(=O)C=Cc2ccc(O)c(OC)c2)C=CC1=O. The van der Waals surface area contributed by atoms with Gasteiger partial charge in [0.25, 0.3) is 0 Å². The van der Waals surface area contributed by atoms with E-state index < -0.39 is 0 Å². The van der Waals surface area contributed by atoms with Crippen LogP contribution in [0.4, 0.5) is 0 Å². The van der Waals surface area contributed by atoms with E-state index >= 15 is 0 Å². The fourth-order valence-electron chi connectivity index (χ4n) is 2.43. The minimum absolute atomic E-state index is 0.0259. The third-order valence-corrected chi connectivity index (χ3v) is 3.86. The number of phenolic OH excluding ortho intramolecular Hbond substituents is 1. The number of allylic oxidation sites excluding steroid dienone is 6. The molecule has 2 rings (SSSR count). The van der Waals surface area contributed by atoms with Crippen molar-refractivity contribution in [2.75, 3.05) is 14.2 Å². The molecule has 26 heavy (non-hydrogen) atoms. The molecule has 1 aliphatic carbocycles. The van der Waals surface area contributed by atoms with Crippen LogP contribution in [0.5, 0.6) is 11.5 Å². The Labute approximate surface area is 152 Å². The monoisotopic (exact) mass is 354 g/mol. The molecule has 1 aliphatic rings. The van der Waals surface area contributed by atoms with Crippen LogP contribution >= 0.6 is 0 Å². The van der Waals surface area contributed by atoms with Crippen LogP contribution in [0.3, 0.4) is 0 Å². The van der Waals surface area contributed by atoms with E-state index in [1.807, 2.05) is 6.08 Å². The summed E-state index contributed by atoms with van der Waals surface area (Å²) < 4.78 is 10.0. The summed E-state index contributed by atoms with van der Waals surface area (Å²) in [6, 6.07) is 4.90. The van der Waals surface area contributed by atoms with E-state index in [2.05, 4.69) is 0 Å². The number of unbranched alkanes of at least 4 members (excludes halogenated alkanes) is 1. The summed E-state index contributed by atoms with van der Waals surface area (Å²) in [6.45, 7) is 0. The van der Waals surface area contributed by atoms with Gasteiger partial charge in [-0.3, -0.25) is 9.59 Å². The maximum absolute atomic E-state index is 12.0. The second-order valence-corrected chi connectivity index (χ2v) is 5.74. The van der Waals surface area contributed by atoms with Crippen molar-refractivity contribution in [3.8, 4) is 11.5 Å². The lowest BCUT2D eigenvalue weighted by atomic mass is 10.0. The standard InChI is InChI=1S/C21H22O5/c1-25-20-13-15(8-11-18(20)23)5-3-4-6-17(22)10-7-16-9-12-19(24)21(14-16)26-2/h5,7-14,24H,3-4,6H2,1-2H3. The lowest BCUT2D eigenvalue weighted by Crippen LogP contribution is -2.04. The molecule has 0 bridgehead atoms. The smallest absolute Gasteiger partial charge is 0.220 e. The first-order valence-corrected chi connectivity index (χ1v) is 8.29. The number of rotatable bonds is 8. The van der Waals surface area contributed by atoms with Crippen LogP contribution in [0.2, 0.25) is 0 Å². The molecule has 136 valence electrons. The summed E-state index contributed by atoms with van der Waals surface area (Å²) in [4.78, 5) is 23.4. The van der Waals surface area contributed by atoms with E-state index in [0.29, 0.717) is 24.4 Å². The zero-order chi connectivity index (χ0) is 18.9. The molecule has 1 aromatic carbocycles. The Bertz CT molecular complexity index is 797. The van der Waals surface area contributed by atoms with Gasteiger partial charge in [0.2, 0.25) is 5.78 Å². The molecule has 0 aromatic heterocycles. The molecular formula is C21H22O5. The van der Waals surface area contributed by atoms with E-state index in [1.54, 1.807) is 30.4 Å². The Morgan fingerprint density at radius 2 is 2.00 bits per heavy atom. The first-order valence-electron chi connectivity index (χ1n) is 8.29. The van der Waals surface area contributed by atoms with E-state index in [0.717, 1.165) is 17.6 Å². The molecule has 0 fully saturated rings.